The standard InChI is InChI=1S/C19H18N4O2/c24-12-13-3-1-4-14(9-13)16-10-15(5-7-20-16)17-11-18-19(25)21-6-2-8-23(18)22-17/h1,3-5,7,9-11,24H,2,6,8,12H2,(H,21,25). The highest BCUT2D eigenvalue weighted by Crippen LogP contribution is 2.25. The largest absolute Gasteiger partial charge is 0.392 e. The highest BCUT2D eigenvalue weighted by atomic mass is 16.3. The fourth-order valence-electron chi connectivity index (χ4n) is 3.01. The lowest BCUT2D eigenvalue weighted by molar-refractivity contribution is 0.0950. The molecule has 1 amide bonds. The van der Waals surface area contributed by atoms with Crippen molar-refractivity contribution < 1.29 is 9.90 Å². The van der Waals surface area contributed by atoms with Gasteiger partial charge in [0.25, 0.3) is 5.91 Å². The van der Waals surface area contributed by atoms with Crippen molar-refractivity contribution in [3.8, 4) is 22.5 Å². The number of aliphatic hydroxyl groups is 1. The fraction of sp³-hybridized carbons (Fsp3) is 0.211. The highest BCUT2D eigenvalue weighted by Gasteiger charge is 2.18. The zero-order chi connectivity index (χ0) is 17.2. The number of hydrogen-bond donors (Lipinski definition) is 2. The van der Waals surface area contributed by atoms with Crippen LogP contribution in [-0.4, -0.2) is 32.3 Å². The average molecular weight is 334 g/mol. The van der Waals surface area contributed by atoms with Crippen LogP contribution < -0.4 is 5.32 Å². The van der Waals surface area contributed by atoms with Crippen LogP contribution in [0, 0.1) is 0 Å². The first kappa shape index (κ1) is 15.5. The monoisotopic (exact) mass is 334 g/mol. The molecule has 0 bridgehead atoms. The Morgan fingerprint density at radius 2 is 2.00 bits per heavy atom. The molecule has 1 aliphatic heterocycles. The van der Waals surface area contributed by atoms with Crippen LogP contribution in [0.15, 0.2) is 48.7 Å². The van der Waals surface area contributed by atoms with Gasteiger partial charge >= 0.3 is 0 Å². The van der Waals surface area contributed by atoms with Gasteiger partial charge in [-0.3, -0.25) is 14.5 Å². The fourth-order valence-corrected chi connectivity index (χ4v) is 3.01. The van der Waals surface area contributed by atoms with Gasteiger partial charge in [-0.05, 0) is 36.2 Å². The summed E-state index contributed by atoms with van der Waals surface area (Å²) in [4.78, 5) is 16.5. The minimum absolute atomic E-state index is 0.00356. The van der Waals surface area contributed by atoms with E-state index < -0.39 is 0 Å². The zero-order valence-corrected chi connectivity index (χ0v) is 13.6. The lowest BCUT2D eigenvalue weighted by Gasteiger charge is -2.05. The third kappa shape index (κ3) is 3.04. The summed E-state index contributed by atoms with van der Waals surface area (Å²) in [5, 5.41) is 16.8. The van der Waals surface area contributed by atoms with E-state index in [4.69, 9.17) is 0 Å². The molecule has 0 aliphatic carbocycles. The molecule has 2 N–H and O–H groups in total. The Morgan fingerprint density at radius 3 is 2.88 bits per heavy atom. The van der Waals surface area contributed by atoms with Crippen molar-refractivity contribution >= 4 is 5.91 Å². The number of fused-ring (bicyclic) bond motifs is 1. The second kappa shape index (κ2) is 6.49. The normalized spacial score (nSPS) is 13.9. The van der Waals surface area contributed by atoms with Crippen molar-refractivity contribution in [2.75, 3.05) is 6.54 Å². The Hall–Kier alpha value is -2.99. The number of amides is 1. The Bertz CT molecular complexity index is 933. The van der Waals surface area contributed by atoms with Gasteiger partial charge in [0, 0.05) is 30.4 Å². The first-order valence-electron chi connectivity index (χ1n) is 8.27. The van der Waals surface area contributed by atoms with Crippen molar-refractivity contribution in [2.24, 2.45) is 0 Å². The van der Waals surface area contributed by atoms with E-state index >= 15 is 0 Å². The smallest absolute Gasteiger partial charge is 0.269 e. The van der Waals surface area contributed by atoms with Crippen LogP contribution in [0.25, 0.3) is 22.5 Å². The second-order valence-electron chi connectivity index (χ2n) is 6.04. The van der Waals surface area contributed by atoms with E-state index in [-0.39, 0.29) is 12.5 Å². The SMILES string of the molecule is O=C1NCCCn2nc(-c3ccnc(-c4cccc(CO)c4)c3)cc21. The Kier molecular flexibility index (Phi) is 4.03. The minimum atomic E-state index is -0.0822. The van der Waals surface area contributed by atoms with E-state index in [0.717, 1.165) is 41.0 Å². The molecule has 4 rings (SSSR count). The van der Waals surface area contributed by atoms with Crippen LogP contribution in [0.4, 0.5) is 0 Å². The van der Waals surface area contributed by atoms with Crippen LogP contribution in [0.1, 0.15) is 22.5 Å². The van der Waals surface area contributed by atoms with Gasteiger partial charge < -0.3 is 10.4 Å². The molecule has 25 heavy (non-hydrogen) atoms. The van der Waals surface area contributed by atoms with Crippen LogP contribution in [-0.2, 0) is 13.2 Å². The van der Waals surface area contributed by atoms with Gasteiger partial charge in [-0.2, -0.15) is 5.10 Å². The van der Waals surface area contributed by atoms with E-state index in [9.17, 15) is 9.90 Å². The van der Waals surface area contributed by atoms with Crippen LogP contribution in [0.2, 0.25) is 0 Å². The van der Waals surface area contributed by atoms with Crippen molar-refractivity contribution in [2.45, 2.75) is 19.6 Å². The number of nitrogens with zero attached hydrogens (tertiary/aromatic N) is 3. The van der Waals surface area contributed by atoms with Crippen molar-refractivity contribution in [3.05, 3.63) is 59.9 Å². The molecule has 126 valence electrons. The Labute approximate surface area is 145 Å². The summed E-state index contributed by atoms with van der Waals surface area (Å²) in [5.74, 6) is -0.0822. The Balaban J connectivity index is 1.72. The number of carbonyl (C=O) groups is 1. The number of aliphatic hydroxyl groups excluding tert-OH is 1. The summed E-state index contributed by atoms with van der Waals surface area (Å²) in [6.07, 6.45) is 2.61. The maximum atomic E-state index is 12.1. The van der Waals surface area contributed by atoms with Gasteiger partial charge in [0.05, 0.1) is 18.0 Å². The molecule has 0 atom stereocenters. The molecule has 0 radical (unpaired) electrons. The maximum absolute atomic E-state index is 12.1. The molecule has 0 fully saturated rings. The van der Waals surface area contributed by atoms with Gasteiger partial charge in [0.2, 0.25) is 0 Å². The lowest BCUT2D eigenvalue weighted by Crippen LogP contribution is -2.22. The molecule has 6 nitrogen and oxygen atoms in total. The quantitative estimate of drug-likeness (QED) is 0.770. The van der Waals surface area contributed by atoms with Crippen molar-refractivity contribution in [1.29, 1.82) is 0 Å². The number of pyridine rings is 1. The third-order valence-electron chi connectivity index (χ3n) is 4.31. The summed E-state index contributed by atoms with van der Waals surface area (Å²) < 4.78 is 1.77. The van der Waals surface area contributed by atoms with Gasteiger partial charge in [0.15, 0.2) is 0 Å². The number of hydrogen-bond acceptors (Lipinski definition) is 4. The molecule has 0 unspecified atom stereocenters. The summed E-state index contributed by atoms with van der Waals surface area (Å²) in [6.45, 7) is 1.40. The van der Waals surface area contributed by atoms with Gasteiger partial charge in [-0.25, -0.2) is 0 Å². The van der Waals surface area contributed by atoms with Crippen molar-refractivity contribution in [3.63, 3.8) is 0 Å². The minimum Gasteiger partial charge on any atom is -0.392 e. The molecule has 0 saturated carbocycles. The molecular formula is C19H18N4O2. The maximum Gasteiger partial charge on any atom is 0.269 e. The molecule has 0 spiro atoms. The first-order valence-corrected chi connectivity index (χ1v) is 8.27. The van der Waals surface area contributed by atoms with Crippen LogP contribution >= 0.6 is 0 Å². The molecule has 1 aromatic carbocycles. The van der Waals surface area contributed by atoms with Crippen LogP contribution in [0.5, 0.6) is 0 Å². The number of carbonyl (C=O) groups excluding carboxylic acids is 1. The Morgan fingerprint density at radius 1 is 1.12 bits per heavy atom. The molecule has 2 aromatic heterocycles. The first-order chi connectivity index (χ1) is 12.2. The molecular weight excluding hydrogens is 316 g/mol. The summed E-state index contributed by atoms with van der Waals surface area (Å²) in [5.41, 5.74) is 4.84. The van der Waals surface area contributed by atoms with Gasteiger partial charge in [-0.15, -0.1) is 0 Å². The van der Waals surface area contributed by atoms with E-state index in [0.29, 0.717) is 12.2 Å². The number of aryl methyl sites for hydroxylation is 1. The average Bonchev–Trinajstić information content (AvgIpc) is 3.02. The van der Waals surface area contributed by atoms with Crippen LogP contribution in [0.3, 0.4) is 0 Å². The van der Waals surface area contributed by atoms with E-state index in [1.807, 2.05) is 42.5 Å². The highest BCUT2D eigenvalue weighted by molar-refractivity contribution is 5.94. The number of aromatic nitrogens is 3. The van der Waals surface area contributed by atoms with E-state index in [2.05, 4.69) is 15.4 Å². The zero-order valence-electron chi connectivity index (χ0n) is 13.6. The summed E-state index contributed by atoms with van der Waals surface area (Å²) in [6, 6.07) is 13.3. The second-order valence-corrected chi connectivity index (χ2v) is 6.04. The number of nitrogens with one attached hydrogen (secondary N) is 1. The lowest BCUT2D eigenvalue weighted by atomic mass is 10.1. The van der Waals surface area contributed by atoms with Gasteiger partial charge in [-0.1, -0.05) is 18.2 Å². The topological polar surface area (TPSA) is 80.0 Å². The van der Waals surface area contributed by atoms with E-state index in [1.165, 1.54) is 0 Å². The van der Waals surface area contributed by atoms with E-state index in [1.54, 1.807) is 10.9 Å². The predicted octanol–water partition coefficient (Wildman–Crippen LogP) is 2.24. The molecule has 0 saturated heterocycles. The predicted molar refractivity (Wildman–Crippen MR) is 93.8 cm³/mol. The third-order valence-corrected chi connectivity index (χ3v) is 4.31. The summed E-state index contributed by atoms with van der Waals surface area (Å²) >= 11 is 0. The van der Waals surface area contributed by atoms with Crippen molar-refractivity contribution in [1.82, 2.24) is 20.1 Å². The number of benzene rings is 1. The molecule has 6 heteroatoms. The summed E-state index contributed by atoms with van der Waals surface area (Å²) in [7, 11) is 0. The molecule has 1 aliphatic rings. The van der Waals surface area contributed by atoms with Gasteiger partial charge in [0.1, 0.15) is 5.69 Å². The molecule has 3 aromatic rings. The molecule has 3 heterocycles. The number of rotatable bonds is 3.